The van der Waals surface area contributed by atoms with E-state index < -0.39 is 15.8 Å². The Balaban J connectivity index is 2.29. The van der Waals surface area contributed by atoms with Crippen LogP contribution in [0.3, 0.4) is 0 Å². The summed E-state index contributed by atoms with van der Waals surface area (Å²) in [4.78, 5) is 0.176. The molecular weight excluding hydrogens is 281 g/mol. The monoisotopic (exact) mass is 301 g/mol. The summed E-state index contributed by atoms with van der Waals surface area (Å²) in [5.74, 6) is -0.431. The molecule has 1 atom stereocenters. The van der Waals surface area contributed by atoms with Crippen molar-refractivity contribution in [2.75, 3.05) is 13.2 Å². The minimum atomic E-state index is -3.58. The van der Waals surface area contributed by atoms with Crippen LogP contribution in [-0.2, 0) is 10.0 Å². The van der Waals surface area contributed by atoms with Gasteiger partial charge in [0.1, 0.15) is 5.82 Å². The van der Waals surface area contributed by atoms with E-state index in [0.29, 0.717) is 24.9 Å². The third kappa shape index (κ3) is 3.02. The number of benzene rings is 1. The van der Waals surface area contributed by atoms with Gasteiger partial charge in [-0.2, -0.15) is 4.31 Å². The van der Waals surface area contributed by atoms with Gasteiger partial charge in [0.25, 0.3) is 0 Å². The Labute approximate surface area is 119 Å². The van der Waals surface area contributed by atoms with Crippen LogP contribution in [0.5, 0.6) is 0 Å². The van der Waals surface area contributed by atoms with E-state index in [4.69, 9.17) is 5.11 Å². The SMILES string of the molecule is Cc1cc(F)ccc1S(=O)(=O)N1CCCC1CCCO. The van der Waals surface area contributed by atoms with Crippen LogP contribution in [-0.4, -0.2) is 37.0 Å². The zero-order valence-corrected chi connectivity index (χ0v) is 12.4. The molecule has 112 valence electrons. The normalized spacial score (nSPS) is 20.4. The Kier molecular flexibility index (Phi) is 4.78. The zero-order valence-electron chi connectivity index (χ0n) is 11.5. The summed E-state index contributed by atoms with van der Waals surface area (Å²) >= 11 is 0. The van der Waals surface area contributed by atoms with Crippen molar-refractivity contribution in [3.05, 3.63) is 29.6 Å². The van der Waals surface area contributed by atoms with Gasteiger partial charge >= 0.3 is 0 Å². The molecule has 1 N–H and O–H groups in total. The van der Waals surface area contributed by atoms with Crippen LogP contribution in [0.15, 0.2) is 23.1 Å². The van der Waals surface area contributed by atoms with Crippen LogP contribution in [0.2, 0.25) is 0 Å². The first-order valence-corrected chi connectivity index (χ1v) is 8.29. The van der Waals surface area contributed by atoms with Crippen molar-refractivity contribution in [3.8, 4) is 0 Å². The van der Waals surface area contributed by atoms with Crippen LogP contribution in [0, 0.1) is 12.7 Å². The molecule has 1 saturated heterocycles. The quantitative estimate of drug-likeness (QED) is 0.905. The molecule has 0 radical (unpaired) electrons. The molecule has 1 heterocycles. The van der Waals surface area contributed by atoms with E-state index in [1.165, 1.54) is 22.5 Å². The Hall–Kier alpha value is -0.980. The average Bonchev–Trinajstić information content (AvgIpc) is 2.84. The van der Waals surface area contributed by atoms with Gasteiger partial charge in [-0.1, -0.05) is 0 Å². The number of sulfonamides is 1. The molecule has 1 aliphatic heterocycles. The molecule has 1 aromatic rings. The maximum absolute atomic E-state index is 13.1. The molecule has 0 aromatic heterocycles. The molecule has 0 spiro atoms. The second-order valence-corrected chi connectivity index (χ2v) is 7.05. The van der Waals surface area contributed by atoms with Gasteiger partial charge in [-0.05, 0) is 56.4 Å². The van der Waals surface area contributed by atoms with Crippen LogP contribution in [0.4, 0.5) is 4.39 Å². The van der Waals surface area contributed by atoms with Crippen LogP contribution < -0.4 is 0 Å². The van der Waals surface area contributed by atoms with Crippen molar-refractivity contribution >= 4 is 10.0 Å². The van der Waals surface area contributed by atoms with Gasteiger partial charge < -0.3 is 5.11 Å². The lowest BCUT2D eigenvalue weighted by atomic mass is 10.1. The lowest BCUT2D eigenvalue weighted by molar-refractivity contribution is 0.264. The van der Waals surface area contributed by atoms with Gasteiger partial charge in [0.15, 0.2) is 0 Å². The topological polar surface area (TPSA) is 57.6 Å². The van der Waals surface area contributed by atoms with Crippen LogP contribution in [0.1, 0.15) is 31.2 Å². The van der Waals surface area contributed by atoms with Gasteiger partial charge in [-0.25, -0.2) is 12.8 Å². The minimum absolute atomic E-state index is 0.0587. The number of aryl methyl sites for hydroxylation is 1. The molecule has 1 aliphatic rings. The largest absolute Gasteiger partial charge is 0.396 e. The predicted molar refractivity (Wildman–Crippen MR) is 74.4 cm³/mol. The molecule has 0 saturated carbocycles. The Morgan fingerprint density at radius 1 is 1.45 bits per heavy atom. The predicted octanol–water partition coefficient (Wildman–Crippen LogP) is 2.06. The first-order chi connectivity index (χ1) is 9.46. The van der Waals surface area contributed by atoms with E-state index in [1.807, 2.05) is 0 Å². The summed E-state index contributed by atoms with van der Waals surface area (Å²) in [7, 11) is -3.58. The second kappa shape index (κ2) is 6.20. The fourth-order valence-corrected chi connectivity index (χ4v) is 4.70. The summed E-state index contributed by atoms with van der Waals surface area (Å²) in [6.45, 7) is 2.17. The first kappa shape index (κ1) is 15.4. The number of rotatable bonds is 5. The zero-order chi connectivity index (χ0) is 14.8. The van der Waals surface area contributed by atoms with Crippen molar-refractivity contribution in [2.24, 2.45) is 0 Å². The molecule has 0 bridgehead atoms. The molecule has 0 aliphatic carbocycles. The number of aliphatic hydroxyl groups excluding tert-OH is 1. The van der Waals surface area contributed by atoms with Gasteiger partial charge in [-0.15, -0.1) is 0 Å². The smallest absolute Gasteiger partial charge is 0.243 e. The van der Waals surface area contributed by atoms with Crippen LogP contribution >= 0.6 is 0 Å². The van der Waals surface area contributed by atoms with Gasteiger partial charge in [0.05, 0.1) is 4.90 Å². The van der Waals surface area contributed by atoms with E-state index in [0.717, 1.165) is 12.8 Å². The Bertz CT molecular complexity index is 574. The number of halogens is 1. The maximum Gasteiger partial charge on any atom is 0.243 e. The van der Waals surface area contributed by atoms with Gasteiger partial charge in [0.2, 0.25) is 10.0 Å². The molecule has 1 unspecified atom stereocenters. The fourth-order valence-electron chi connectivity index (χ4n) is 2.77. The number of hydrogen-bond acceptors (Lipinski definition) is 3. The highest BCUT2D eigenvalue weighted by Crippen LogP contribution is 2.30. The Morgan fingerprint density at radius 3 is 2.85 bits per heavy atom. The highest BCUT2D eigenvalue weighted by molar-refractivity contribution is 7.89. The minimum Gasteiger partial charge on any atom is -0.396 e. The summed E-state index contributed by atoms with van der Waals surface area (Å²) in [6.07, 6.45) is 2.91. The van der Waals surface area contributed by atoms with Gasteiger partial charge in [0, 0.05) is 19.2 Å². The summed E-state index contributed by atoms with van der Waals surface area (Å²) in [6, 6.07) is 3.70. The third-order valence-electron chi connectivity index (χ3n) is 3.74. The van der Waals surface area contributed by atoms with Crippen molar-refractivity contribution in [3.63, 3.8) is 0 Å². The second-order valence-electron chi connectivity index (χ2n) is 5.19. The lowest BCUT2D eigenvalue weighted by Gasteiger charge is -2.24. The summed E-state index contributed by atoms with van der Waals surface area (Å²) < 4.78 is 40.0. The van der Waals surface area contributed by atoms with Crippen molar-refractivity contribution in [1.82, 2.24) is 4.31 Å². The van der Waals surface area contributed by atoms with E-state index >= 15 is 0 Å². The molecule has 6 heteroatoms. The van der Waals surface area contributed by atoms with Crippen molar-refractivity contribution in [1.29, 1.82) is 0 Å². The first-order valence-electron chi connectivity index (χ1n) is 6.85. The number of nitrogens with zero attached hydrogens (tertiary/aromatic N) is 1. The molecule has 20 heavy (non-hydrogen) atoms. The molecular formula is C14H20FNO3S. The third-order valence-corrected chi connectivity index (χ3v) is 5.85. The molecule has 2 rings (SSSR count). The fraction of sp³-hybridized carbons (Fsp3) is 0.571. The summed E-state index contributed by atoms with van der Waals surface area (Å²) in [5.41, 5.74) is 0.429. The highest BCUT2D eigenvalue weighted by Gasteiger charge is 2.35. The molecule has 4 nitrogen and oxygen atoms in total. The average molecular weight is 301 g/mol. The van der Waals surface area contributed by atoms with Crippen molar-refractivity contribution < 1.29 is 17.9 Å². The highest BCUT2D eigenvalue weighted by atomic mass is 32.2. The molecule has 1 fully saturated rings. The van der Waals surface area contributed by atoms with Crippen molar-refractivity contribution in [2.45, 2.75) is 43.5 Å². The lowest BCUT2D eigenvalue weighted by Crippen LogP contribution is -2.36. The molecule has 1 aromatic carbocycles. The van der Waals surface area contributed by atoms with E-state index in [-0.39, 0.29) is 17.5 Å². The van der Waals surface area contributed by atoms with E-state index in [2.05, 4.69) is 0 Å². The maximum atomic E-state index is 13.1. The summed E-state index contributed by atoms with van der Waals surface area (Å²) in [5, 5.41) is 8.90. The number of hydrogen-bond donors (Lipinski definition) is 1. The van der Waals surface area contributed by atoms with Crippen LogP contribution in [0.25, 0.3) is 0 Å². The van der Waals surface area contributed by atoms with E-state index in [1.54, 1.807) is 6.92 Å². The van der Waals surface area contributed by atoms with Gasteiger partial charge in [-0.3, -0.25) is 0 Å². The Morgan fingerprint density at radius 2 is 2.20 bits per heavy atom. The molecule has 0 amide bonds. The standard InChI is InChI=1S/C14H20FNO3S/c1-11-10-12(15)6-7-14(11)20(18,19)16-8-2-4-13(16)5-3-9-17/h6-7,10,13,17H,2-5,8-9H2,1H3. The van der Waals surface area contributed by atoms with E-state index in [9.17, 15) is 12.8 Å². The number of aliphatic hydroxyl groups is 1.